The minimum Gasteiger partial charge on any atom is -0.458 e. The average Bonchev–Trinajstić information content (AvgIpc) is 3.66. The van der Waals surface area contributed by atoms with Gasteiger partial charge in [-0.15, -0.1) is 0 Å². The van der Waals surface area contributed by atoms with Gasteiger partial charge in [-0.05, 0) is 63.5 Å². The molecule has 0 atom stereocenters. The Bertz CT molecular complexity index is 1140. The van der Waals surface area contributed by atoms with E-state index in [4.69, 9.17) is 27.8 Å². The van der Waals surface area contributed by atoms with Crippen molar-refractivity contribution in [2.24, 2.45) is 23.7 Å². The molecule has 2 aromatic rings. The van der Waals surface area contributed by atoms with Crippen molar-refractivity contribution in [2.45, 2.75) is 133 Å². The lowest BCUT2D eigenvalue weighted by Gasteiger charge is -2.12. The van der Waals surface area contributed by atoms with Crippen molar-refractivity contribution in [3.63, 3.8) is 0 Å². The van der Waals surface area contributed by atoms with E-state index in [0.717, 1.165) is 0 Å². The highest BCUT2D eigenvalue weighted by Gasteiger charge is 2.26. The Morgan fingerprint density at radius 2 is 0.696 bits per heavy atom. The Kier molecular flexibility index (Phi) is 16.7. The van der Waals surface area contributed by atoms with Gasteiger partial charge in [-0.25, -0.2) is 0 Å². The van der Waals surface area contributed by atoms with E-state index < -0.39 is 0 Å². The van der Waals surface area contributed by atoms with Crippen LogP contribution >= 0.6 is 0 Å². The quantitative estimate of drug-likeness (QED) is 0.0961. The zero-order chi connectivity index (χ0) is 34.2. The molecule has 10 heteroatoms. The van der Waals surface area contributed by atoms with Gasteiger partial charge in [-0.1, -0.05) is 55.4 Å². The molecular formula is C36H54O10. The normalized spacial score (nSPS) is 11.5. The highest BCUT2D eigenvalue weighted by Crippen LogP contribution is 2.35. The van der Waals surface area contributed by atoms with Gasteiger partial charge in [0.1, 0.15) is 49.5 Å². The first-order chi connectivity index (χ1) is 22.1. The summed E-state index contributed by atoms with van der Waals surface area (Å²) >= 11 is 0. The molecular weight excluding hydrogens is 592 g/mol. The number of ether oxygens (including phenoxy) is 4. The predicted molar refractivity (Wildman–Crippen MR) is 172 cm³/mol. The van der Waals surface area contributed by atoms with Crippen LogP contribution in [0.2, 0.25) is 0 Å². The third-order valence-corrected chi connectivity index (χ3v) is 8.69. The number of hydrogen-bond acceptors (Lipinski definition) is 10. The van der Waals surface area contributed by atoms with Crippen LogP contribution in [0.3, 0.4) is 0 Å². The third-order valence-electron chi connectivity index (χ3n) is 8.69. The summed E-state index contributed by atoms with van der Waals surface area (Å²) in [5.41, 5.74) is 1.06. The fourth-order valence-electron chi connectivity index (χ4n) is 5.30. The van der Waals surface area contributed by atoms with Crippen LogP contribution in [0.4, 0.5) is 0 Å². The lowest BCUT2D eigenvalue weighted by Crippen LogP contribution is -2.16. The lowest BCUT2D eigenvalue weighted by atomic mass is 10.0. The summed E-state index contributed by atoms with van der Waals surface area (Å²) in [6.45, 7) is 14.9. The molecule has 0 bridgehead atoms. The number of esters is 4. The molecule has 258 valence electrons. The van der Waals surface area contributed by atoms with E-state index in [0.29, 0.717) is 85.5 Å². The van der Waals surface area contributed by atoms with E-state index in [1.807, 2.05) is 55.4 Å². The summed E-state index contributed by atoms with van der Waals surface area (Å²) in [5, 5.41) is 0. The molecule has 2 heterocycles. The summed E-state index contributed by atoms with van der Waals surface area (Å²) in [6, 6.07) is 3.41. The van der Waals surface area contributed by atoms with Gasteiger partial charge in [0.25, 0.3) is 0 Å². The van der Waals surface area contributed by atoms with Gasteiger partial charge < -0.3 is 27.8 Å². The molecule has 10 nitrogen and oxygen atoms in total. The minimum atomic E-state index is -0.338. The van der Waals surface area contributed by atoms with Crippen molar-refractivity contribution in [3.05, 3.63) is 35.2 Å². The van der Waals surface area contributed by atoms with Crippen molar-refractivity contribution in [2.75, 3.05) is 0 Å². The van der Waals surface area contributed by atoms with Crippen molar-refractivity contribution in [1.82, 2.24) is 0 Å². The number of carbonyl (C=O) groups excluding carboxylic acids is 4. The van der Waals surface area contributed by atoms with Crippen LogP contribution in [0.25, 0.3) is 11.1 Å². The van der Waals surface area contributed by atoms with Crippen LogP contribution in [0.15, 0.2) is 21.0 Å². The molecule has 0 fully saturated rings. The average molecular weight is 647 g/mol. The van der Waals surface area contributed by atoms with E-state index in [2.05, 4.69) is 0 Å². The highest BCUT2D eigenvalue weighted by molar-refractivity contribution is 5.75. The van der Waals surface area contributed by atoms with Gasteiger partial charge >= 0.3 is 23.9 Å². The zero-order valence-electron chi connectivity index (χ0n) is 29.0. The summed E-state index contributed by atoms with van der Waals surface area (Å²) in [5.74, 6) is -0.888. The van der Waals surface area contributed by atoms with Crippen molar-refractivity contribution in [1.29, 1.82) is 0 Å². The molecule has 0 saturated carbocycles. The zero-order valence-corrected chi connectivity index (χ0v) is 29.0. The van der Waals surface area contributed by atoms with Crippen LogP contribution in [-0.4, -0.2) is 23.9 Å². The summed E-state index contributed by atoms with van der Waals surface area (Å²) in [4.78, 5) is 50.7. The van der Waals surface area contributed by atoms with Crippen molar-refractivity contribution in [3.8, 4) is 11.1 Å². The smallest absolute Gasteiger partial charge is 0.309 e. The van der Waals surface area contributed by atoms with Gasteiger partial charge in [-0.2, -0.15) is 0 Å². The van der Waals surface area contributed by atoms with Gasteiger partial charge in [0, 0.05) is 11.1 Å². The maximum atomic E-state index is 12.8. The Hall–Kier alpha value is -3.56. The van der Waals surface area contributed by atoms with Gasteiger partial charge in [0.05, 0.1) is 23.7 Å². The Morgan fingerprint density at radius 1 is 0.457 bits per heavy atom. The Labute approximate surface area is 273 Å². The minimum absolute atomic E-state index is 0.112. The standard InChI is InChI=1S/C36H54O10/c1-9-23(10-2)33(37)41-19-27-17-29(31(45-27)21-43-35(39)25(13-5)14-6)30-18-28(20-42-34(38)24(11-3)12-4)46-32(30)22-44-36(40)26(15-7)16-8/h17-18,23-26H,9-16,19-22H2,1-8H3. The third kappa shape index (κ3) is 10.8. The number of carbonyl (C=O) groups is 4. The first kappa shape index (κ1) is 38.6. The van der Waals surface area contributed by atoms with E-state index in [9.17, 15) is 19.2 Å². The topological polar surface area (TPSA) is 131 Å². The maximum Gasteiger partial charge on any atom is 0.309 e. The number of rotatable bonds is 21. The molecule has 0 spiro atoms. The molecule has 0 aliphatic heterocycles. The maximum absolute atomic E-state index is 12.8. The largest absolute Gasteiger partial charge is 0.458 e. The molecule has 0 aliphatic carbocycles. The Balaban J connectivity index is 2.50. The molecule has 2 rings (SSSR count). The fourth-order valence-corrected chi connectivity index (χ4v) is 5.30. The molecule has 46 heavy (non-hydrogen) atoms. The van der Waals surface area contributed by atoms with Crippen LogP contribution in [-0.2, 0) is 64.6 Å². The fraction of sp³-hybridized carbons (Fsp3) is 0.667. The van der Waals surface area contributed by atoms with Crippen LogP contribution in [0.1, 0.15) is 130 Å². The second-order valence-electron chi connectivity index (χ2n) is 11.6. The molecule has 0 aromatic carbocycles. The van der Waals surface area contributed by atoms with E-state index >= 15 is 0 Å². The van der Waals surface area contributed by atoms with E-state index in [-0.39, 0.29) is 74.0 Å². The predicted octanol–water partition coefficient (Wildman–Crippen LogP) is 8.46. The van der Waals surface area contributed by atoms with Crippen LogP contribution in [0.5, 0.6) is 0 Å². The second kappa shape index (κ2) is 19.8. The van der Waals surface area contributed by atoms with Crippen molar-refractivity contribution < 1.29 is 47.0 Å². The van der Waals surface area contributed by atoms with E-state index in [1.165, 1.54) is 0 Å². The molecule has 0 radical (unpaired) electrons. The molecule has 0 N–H and O–H groups in total. The van der Waals surface area contributed by atoms with Gasteiger partial charge in [0.15, 0.2) is 0 Å². The highest BCUT2D eigenvalue weighted by atomic mass is 16.6. The molecule has 0 aliphatic rings. The molecule has 0 unspecified atom stereocenters. The lowest BCUT2D eigenvalue weighted by molar-refractivity contribution is -0.152. The van der Waals surface area contributed by atoms with Gasteiger partial charge in [-0.3, -0.25) is 19.2 Å². The summed E-state index contributed by atoms with van der Waals surface area (Å²) in [7, 11) is 0. The molecule has 0 amide bonds. The first-order valence-electron chi connectivity index (χ1n) is 17.0. The van der Waals surface area contributed by atoms with Crippen LogP contribution < -0.4 is 0 Å². The van der Waals surface area contributed by atoms with Gasteiger partial charge in [0.2, 0.25) is 0 Å². The first-order valence-corrected chi connectivity index (χ1v) is 17.0. The number of furan rings is 2. The summed E-state index contributed by atoms with van der Waals surface area (Å²) in [6.07, 6.45) is 5.22. The molecule has 2 aromatic heterocycles. The number of hydrogen-bond donors (Lipinski definition) is 0. The SMILES string of the molecule is CCC(CC)C(=O)OCc1cc(-c2cc(COC(=O)C(CC)CC)oc2COC(=O)C(CC)CC)c(COC(=O)C(CC)CC)o1. The second-order valence-corrected chi connectivity index (χ2v) is 11.6. The van der Waals surface area contributed by atoms with Crippen molar-refractivity contribution >= 4 is 23.9 Å². The monoisotopic (exact) mass is 646 g/mol. The van der Waals surface area contributed by atoms with E-state index in [1.54, 1.807) is 12.1 Å². The summed E-state index contributed by atoms with van der Waals surface area (Å²) < 4.78 is 34.6. The Morgan fingerprint density at radius 3 is 0.935 bits per heavy atom. The molecule has 0 saturated heterocycles. The van der Waals surface area contributed by atoms with Crippen LogP contribution in [0, 0.1) is 23.7 Å².